The lowest BCUT2D eigenvalue weighted by molar-refractivity contribution is -0.130. The minimum Gasteiger partial charge on any atom is -0.340 e. The minimum atomic E-state index is -2.89. The Morgan fingerprint density at radius 3 is 2.33 bits per heavy atom. The molecule has 0 aromatic heterocycles. The summed E-state index contributed by atoms with van der Waals surface area (Å²) in [7, 11) is -2.89. The highest BCUT2D eigenvalue weighted by Gasteiger charge is 2.24. The number of hydrogen-bond donors (Lipinski definition) is 1. The molecule has 1 N–H and O–H groups in total. The maximum Gasteiger partial charge on any atom is 0.236 e. The van der Waals surface area contributed by atoms with Crippen LogP contribution < -0.4 is 5.32 Å². The fraction of sp³-hybridized carbons (Fsp3) is 0.889. The third-order valence-electron chi connectivity index (χ3n) is 2.36. The average molecular weight is 234 g/mol. The van der Waals surface area contributed by atoms with Gasteiger partial charge in [0.15, 0.2) is 9.84 Å². The predicted molar refractivity (Wildman–Crippen MR) is 58.4 cm³/mol. The molecule has 0 aliphatic carbocycles. The number of nitrogens with one attached hydrogen (secondary N) is 1. The number of sulfone groups is 1. The van der Waals surface area contributed by atoms with Gasteiger partial charge < -0.3 is 10.2 Å². The second-order valence-corrected chi connectivity index (χ2v) is 6.37. The lowest BCUT2D eigenvalue weighted by Crippen LogP contribution is -2.47. The smallest absolute Gasteiger partial charge is 0.236 e. The molecule has 0 bridgehead atoms. The van der Waals surface area contributed by atoms with Crippen molar-refractivity contribution >= 4 is 15.7 Å². The van der Waals surface area contributed by atoms with Crippen molar-refractivity contribution in [2.45, 2.75) is 19.9 Å². The van der Waals surface area contributed by atoms with Crippen molar-refractivity contribution in [3.63, 3.8) is 0 Å². The fourth-order valence-corrected chi connectivity index (χ4v) is 2.57. The van der Waals surface area contributed by atoms with Crippen LogP contribution in [0.3, 0.4) is 0 Å². The van der Waals surface area contributed by atoms with Crippen LogP contribution in [0.25, 0.3) is 0 Å². The van der Waals surface area contributed by atoms with Crippen molar-refractivity contribution in [1.82, 2.24) is 10.2 Å². The van der Waals surface area contributed by atoms with Crippen molar-refractivity contribution in [2.75, 3.05) is 31.1 Å². The van der Waals surface area contributed by atoms with Crippen LogP contribution in [0.2, 0.25) is 0 Å². The molecule has 5 nitrogen and oxygen atoms in total. The third-order valence-corrected chi connectivity index (χ3v) is 3.97. The summed E-state index contributed by atoms with van der Waals surface area (Å²) < 4.78 is 22.3. The minimum absolute atomic E-state index is 0.0152. The second kappa shape index (κ2) is 4.94. The van der Waals surface area contributed by atoms with E-state index in [4.69, 9.17) is 0 Å². The Morgan fingerprint density at radius 2 is 1.87 bits per heavy atom. The highest BCUT2D eigenvalue weighted by Crippen LogP contribution is 2.03. The van der Waals surface area contributed by atoms with Gasteiger partial charge in [0.25, 0.3) is 0 Å². The number of amides is 1. The van der Waals surface area contributed by atoms with Gasteiger partial charge in [0.2, 0.25) is 5.91 Å². The first-order chi connectivity index (χ1) is 6.91. The van der Waals surface area contributed by atoms with Crippen LogP contribution in [0.15, 0.2) is 0 Å². The van der Waals surface area contributed by atoms with E-state index in [9.17, 15) is 13.2 Å². The molecule has 1 heterocycles. The van der Waals surface area contributed by atoms with E-state index in [1.807, 2.05) is 13.8 Å². The number of nitrogens with zero attached hydrogens (tertiary/aromatic N) is 1. The molecule has 1 saturated heterocycles. The summed E-state index contributed by atoms with van der Waals surface area (Å²) in [6, 6.07) is 0.266. The van der Waals surface area contributed by atoms with Crippen molar-refractivity contribution < 1.29 is 13.2 Å². The van der Waals surface area contributed by atoms with Crippen LogP contribution in [-0.2, 0) is 14.6 Å². The Balaban J connectivity index is 2.37. The van der Waals surface area contributed by atoms with Gasteiger partial charge in [-0.25, -0.2) is 8.42 Å². The van der Waals surface area contributed by atoms with Gasteiger partial charge >= 0.3 is 0 Å². The normalized spacial score (nSPS) is 20.6. The van der Waals surface area contributed by atoms with E-state index in [2.05, 4.69) is 5.32 Å². The van der Waals surface area contributed by atoms with Gasteiger partial charge in [-0.1, -0.05) is 13.8 Å². The Bertz CT molecular complexity index is 310. The first-order valence-corrected chi connectivity index (χ1v) is 6.94. The van der Waals surface area contributed by atoms with Gasteiger partial charge in [-0.3, -0.25) is 4.79 Å². The molecule has 1 fully saturated rings. The molecule has 0 unspecified atom stereocenters. The molecule has 0 atom stereocenters. The standard InChI is InChI=1S/C9H18N2O3S/c1-8(2)10-7-9(12)11-3-5-15(13,14)6-4-11/h8,10H,3-7H2,1-2H3. The number of hydrogen-bond acceptors (Lipinski definition) is 4. The zero-order valence-electron chi connectivity index (χ0n) is 9.19. The van der Waals surface area contributed by atoms with E-state index in [0.29, 0.717) is 13.1 Å². The SMILES string of the molecule is CC(C)NCC(=O)N1CCS(=O)(=O)CC1. The third kappa shape index (κ3) is 4.17. The van der Waals surface area contributed by atoms with E-state index in [-0.39, 0.29) is 30.0 Å². The molecule has 15 heavy (non-hydrogen) atoms. The zero-order valence-corrected chi connectivity index (χ0v) is 10.0. The van der Waals surface area contributed by atoms with Gasteiger partial charge in [0, 0.05) is 19.1 Å². The monoisotopic (exact) mass is 234 g/mol. The molecule has 6 heteroatoms. The van der Waals surface area contributed by atoms with Crippen LogP contribution in [0.4, 0.5) is 0 Å². The zero-order chi connectivity index (χ0) is 11.5. The predicted octanol–water partition coefficient (Wildman–Crippen LogP) is -0.759. The average Bonchev–Trinajstić information content (AvgIpc) is 2.14. The molecule has 1 aliphatic heterocycles. The van der Waals surface area contributed by atoms with Crippen molar-refractivity contribution in [3.8, 4) is 0 Å². The molecule has 0 aromatic carbocycles. The molecule has 0 spiro atoms. The van der Waals surface area contributed by atoms with Crippen molar-refractivity contribution in [1.29, 1.82) is 0 Å². The van der Waals surface area contributed by atoms with E-state index in [1.54, 1.807) is 4.90 Å². The Labute approximate surface area is 90.7 Å². The lowest BCUT2D eigenvalue weighted by Gasteiger charge is -2.27. The Kier molecular flexibility index (Phi) is 4.10. The molecule has 0 radical (unpaired) electrons. The van der Waals surface area contributed by atoms with Crippen LogP contribution in [0.5, 0.6) is 0 Å². The molecule has 0 saturated carbocycles. The summed E-state index contributed by atoms with van der Waals surface area (Å²) in [6.07, 6.45) is 0. The second-order valence-electron chi connectivity index (χ2n) is 4.07. The fourth-order valence-electron chi connectivity index (χ4n) is 1.37. The molecule has 1 aliphatic rings. The van der Waals surface area contributed by atoms with E-state index in [1.165, 1.54) is 0 Å². The van der Waals surface area contributed by atoms with Crippen molar-refractivity contribution in [2.24, 2.45) is 0 Å². The van der Waals surface area contributed by atoms with Gasteiger partial charge in [-0.15, -0.1) is 0 Å². The summed E-state index contributed by atoms with van der Waals surface area (Å²) in [6.45, 7) is 4.89. The summed E-state index contributed by atoms with van der Waals surface area (Å²) in [5.74, 6) is 0.180. The van der Waals surface area contributed by atoms with Crippen LogP contribution in [0, 0.1) is 0 Å². The maximum absolute atomic E-state index is 11.6. The summed E-state index contributed by atoms with van der Waals surface area (Å²) in [5, 5.41) is 3.02. The van der Waals surface area contributed by atoms with Gasteiger partial charge in [-0.05, 0) is 0 Å². The number of carbonyl (C=O) groups excluding carboxylic acids is 1. The van der Waals surface area contributed by atoms with Gasteiger partial charge in [-0.2, -0.15) is 0 Å². The maximum atomic E-state index is 11.6. The highest BCUT2D eigenvalue weighted by atomic mass is 32.2. The number of rotatable bonds is 3. The quantitative estimate of drug-likeness (QED) is 0.697. The van der Waals surface area contributed by atoms with Gasteiger partial charge in [0.1, 0.15) is 0 Å². The molecule has 0 aromatic rings. The largest absolute Gasteiger partial charge is 0.340 e. The van der Waals surface area contributed by atoms with E-state index < -0.39 is 9.84 Å². The summed E-state index contributed by atoms with van der Waals surface area (Å²) >= 11 is 0. The van der Waals surface area contributed by atoms with Crippen LogP contribution in [0.1, 0.15) is 13.8 Å². The molecule has 88 valence electrons. The van der Waals surface area contributed by atoms with Gasteiger partial charge in [0.05, 0.1) is 18.1 Å². The highest BCUT2D eigenvalue weighted by molar-refractivity contribution is 7.91. The summed E-state index contributed by atoms with van der Waals surface area (Å²) in [5.41, 5.74) is 0. The van der Waals surface area contributed by atoms with Crippen molar-refractivity contribution in [3.05, 3.63) is 0 Å². The topological polar surface area (TPSA) is 66.5 Å². The number of carbonyl (C=O) groups is 1. The molecular formula is C9H18N2O3S. The lowest BCUT2D eigenvalue weighted by atomic mass is 10.3. The first kappa shape index (κ1) is 12.4. The first-order valence-electron chi connectivity index (χ1n) is 5.12. The Morgan fingerprint density at radius 1 is 1.33 bits per heavy atom. The molecule has 1 amide bonds. The van der Waals surface area contributed by atoms with E-state index >= 15 is 0 Å². The van der Waals surface area contributed by atoms with E-state index in [0.717, 1.165) is 0 Å². The molecule has 1 rings (SSSR count). The molecular weight excluding hydrogens is 216 g/mol. The summed E-state index contributed by atoms with van der Waals surface area (Å²) in [4.78, 5) is 13.2. The van der Waals surface area contributed by atoms with Crippen LogP contribution in [-0.4, -0.2) is 56.4 Å². The van der Waals surface area contributed by atoms with Crippen LogP contribution >= 0.6 is 0 Å². The Hall–Kier alpha value is -0.620.